The number of carbonyl (C=O) groups excluding carboxylic acids is 1. The minimum atomic E-state index is -0.625. The van der Waals surface area contributed by atoms with Crippen molar-refractivity contribution in [3.05, 3.63) is 42.5 Å². The van der Waals surface area contributed by atoms with Gasteiger partial charge in [0.05, 0.1) is 7.11 Å². The topological polar surface area (TPSA) is 61.5 Å². The molecule has 1 rings (SSSR count). The first-order chi connectivity index (χ1) is 8.17. The van der Waals surface area contributed by atoms with Crippen molar-refractivity contribution in [3.63, 3.8) is 0 Å². The summed E-state index contributed by atoms with van der Waals surface area (Å²) in [6, 6.07) is 6.80. The van der Waals surface area contributed by atoms with Crippen LogP contribution in [0.3, 0.4) is 0 Å². The van der Waals surface area contributed by atoms with E-state index in [2.05, 4.69) is 11.3 Å². The Hall–Kier alpha value is -1.52. The molecule has 0 spiro atoms. The Kier molecular flexibility index (Phi) is 7.83. The fraction of sp³-hybridized carbons (Fsp3) is 0.308. The van der Waals surface area contributed by atoms with Gasteiger partial charge in [-0.25, -0.2) is 0 Å². The van der Waals surface area contributed by atoms with Crippen molar-refractivity contribution in [1.29, 1.82) is 0 Å². The predicted octanol–water partition coefficient (Wildman–Crippen LogP) is 1.72. The van der Waals surface area contributed by atoms with E-state index >= 15 is 0 Å². The van der Waals surface area contributed by atoms with E-state index < -0.39 is 12.0 Å². The molecule has 0 aliphatic heterocycles. The number of benzene rings is 1. The molecule has 0 amide bonds. The van der Waals surface area contributed by atoms with Crippen molar-refractivity contribution in [3.8, 4) is 5.75 Å². The number of hydrogen-bond acceptors (Lipinski definition) is 4. The highest BCUT2D eigenvalue weighted by Crippen LogP contribution is 2.13. The Labute approximate surface area is 113 Å². The molecule has 0 fully saturated rings. The highest BCUT2D eigenvalue weighted by Gasteiger charge is 2.13. The number of halogens is 1. The largest absolute Gasteiger partial charge is 0.490 e. The average Bonchev–Trinajstić information content (AvgIpc) is 2.37. The molecular weight excluding hydrogens is 254 g/mol. The zero-order chi connectivity index (χ0) is 12.7. The van der Waals surface area contributed by atoms with Crippen LogP contribution < -0.4 is 10.5 Å². The third kappa shape index (κ3) is 5.21. The number of nitrogens with two attached hydrogens (primary N) is 1. The molecule has 1 aromatic carbocycles. The van der Waals surface area contributed by atoms with Crippen LogP contribution in [0.1, 0.15) is 5.56 Å². The molecule has 0 aliphatic rings. The molecule has 1 atom stereocenters. The zero-order valence-electron chi connectivity index (χ0n) is 10.3. The summed E-state index contributed by atoms with van der Waals surface area (Å²) in [4.78, 5) is 11.1. The van der Waals surface area contributed by atoms with E-state index in [1.54, 1.807) is 6.08 Å². The molecule has 2 N–H and O–H groups in total. The number of rotatable bonds is 6. The van der Waals surface area contributed by atoms with Gasteiger partial charge in [-0.1, -0.05) is 24.8 Å². The fourth-order valence-corrected chi connectivity index (χ4v) is 1.37. The molecule has 18 heavy (non-hydrogen) atoms. The number of methoxy groups -OCH3 is 1. The predicted molar refractivity (Wildman–Crippen MR) is 73.1 cm³/mol. The molecule has 0 heterocycles. The van der Waals surface area contributed by atoms with E-state index in [-0.39, 0.29) is 12.4 Å². The first kappa shape index (κ1) is 16.5. The Morgan fingerprint density at radius 2 is 2.06 bits per heavy atom. The first-order valence-electron chi connectivity index (χ1n) is 5.33. The summed E-state index contributed by atoms with van der Waals surface area (Å²) in [6.07, 6.45) is 2.13. The molecule has 0 radical (unpaired) electrons. The van der Waals surface area contributed by atoms with Gasteiger partial charge in [0.2, 0.25) is 0 Å². The molecule has 100 valence electrons. The monoisotopic (exact) mass is 271 g/mol. The highest BCUT2D eigenvalue weighted by molar-refractivity contribution is 5.85. The molecule has 0 bridgehead atoms. The van der Waals surface area contributed by atoms with E-state index in [0.29, 0.717) is 13.0 Å². The number of ether oxygens (including phenoxy) is 2. The number of esters is 1. The second-order valence-corrected chi connectivity index (χ2v) is 3.58. The molecule has 1 aromatic rings. The molecule has 0 aromatic heterocycles. The van der Waals surface area contributed by atoms with Crippen molar-refractivity contribution in [2.24, 2.45) is 5.73 Å². The molecule has 0 saturated heterocycles. The normalized spacial score (nSPS) is 11.0. The second kappa shape index (κ2) is 8.55. The van der Waals surface area contributed by atoms with E-state index in [1.807, 2.05) is 24.3 Å². The Balaban J connectivity index is 0.00000289. The maximum atomic E-state index is 11.1. The van der Waals surface area contributed by atoms with Crippen LogP contribution in [0.2, 0.25) is 0 Å². The van der Waals surface area contributed by atoms with Crippen LogP contribution in [-0.2, 0) is 16.0 Å². The fourth-order valence-electron chi connectivity index (χ4n) is 1.37. The molecular formula is C13H18ClNO3. The van der Waals surface area contributed by atoms with Gasteiger partial charge < -0.3 is 15.2 Å². The lowest BCUT2D eigenvalue weighted by molar-refractivity contribution is -0.142. The number of carbonyl (C=O) groups is 1. The van der Waals surface area contributed by atoms with Crippen LogP contribution >= 0.6 is 12.4 Å². The number of hydrogen-bond donors (Lipinski definition) is 1. The van der Waals surface area contributed by atoms with Crippen LogP contribution in [0.5, 0.6) is 5.75 Å². The van der Waals surface area contributed by atoms with Gasteiger partial charge in [-0.3, -0.25) is 4.79 Å². The Morgan fingerprint density at radius 3 is 2.56 bits per heavy atom. The average molecular weight is 272 g/mol. The molecule has 0 unspecified atom stereocenters. The van der Waals surface area contributed by atoms with Gasteiger partial charge in [-0.15, -0.1) is 12.4 Å². The van der Waals surface area contributed by atoms with Crippen LogP contribution in [-0.4, -0.2) is 25.7 Å². The molecule has 5 heteroatoms. The van der Waals surface area contributed by atoms with Crippen molar-refractivity contribution in [2.45, 2.75) is 12.5 Å². The summed E-state index contributed by atoms with van der Waals surface area (Å²) in [5.74, 6) is 0.359. The maximum absolute atomic E-state index is 11.1. The summed E-state index contributed by atoms with van der Waals surface area (Å²) in [5, 5.41) is 0. The zero-order valence-corrected chi connectivity index (χ0v) is 11.1. The summed E-state index contributed by atoms with van der Waals surface area (Å²) >= 11 is 0. The minimum Gasteiger partial charge on any atom is -0.490 e. The summed E-state index contributed by atoms with van der Waals surface area (Å²) in [6.45, 7) is 4.04. The standard InChI is InChI=1S/C13H17NO3.ClH/c1-3-8-17-11-6-4-10(5-7-11)9-12(14)13(15)16-2;/h3-7,12H,1,8-9,14H2,2H3;1H/t12-;/m1./s1. The molecule has 0 aliphatic carbocycles. The van der Waals surface area contributed by atoms with Crippen LogP contribution in [0.15, 0.2) is 36.9 Å². The van der Waals surface area contributed by atoms with Gasteiger partial charge in [0.25, 0.3) is 0 Å². The van der Waals surface area contributed by atoms with E-state index in [1.165, 1.54) is 7.11 Å². The third-order valence-corrected chi connectivity index (χ3v) is 2.25. The quantitative estimate of drug-likeness (QED) is 0.632. The van der Waals surface area contributed by atoms with E-state index in [9.17, 15) is 4.79 Å². The second-order valence-electron chi connectivity index (χ2n) is 3.58. The van der Waals surface area contributed by atoms with Gasteiger partial charge in [0.1, 0.15) is 18.4 Å². The lowest BCUT2D eigenvalue weighted by atomic mass is 10.1. The SMILES string of the molecule is C=CCOc1ccc(C[C@@H](N)C(=O)OC)cc1.Cl. The van der Waals surface area contributed by atoms with Gasteiger partial charge in [0.15, 0.2) is 0 Å². The van der Waals surface area contributed by atoms with Crippen molar-refractivity contribution in [2.75, 3.05) is 13.7 Å². The van der Waals surface area contributed by atoms with E-state index in [4.69, 9.17) is 10.5 Å². The third-order valence-electron chi connectivity index (χ3n) is 2.25. The smallest absolute Gasteiger partial charge is 0.322 e. The van der Waals surface area contributed by atoms with Crippen molar-refractivity contribution < 1.29 is 14.3 Å². The van der Waals surface area contributed by atoms with Crippen molar-refractivity contribution >= 4 is 18.4 Å². The molecule has 0 saturated carbocycles. The van der Waals surface area contributed by atoms with Gasteiger partial charge in [0, 0.05) is 0 Å². The maximum Gasteiger partial charge on any atom is 0.322 e. The molecule has 4 nitrogen and oxygen atoms in total. The van der Waals surface area contributed by atoms with Gasteiger partial charge in [-0.2, -0.15) is 0 Å². The summed E-state index contributed by atoms with van der Waals surface area (Å²) in [5.41, 5.74) is 6.63. The minimum absolute atomic E-state index is 0. The lowest BCUT2D eigenvalue weighted by Gasteiger charge is -2.09. The summed E-state index contributed by atoms with van der Waals surface area (Å²) in [7, 11) is 1.33. The highest BCUT2D eigenvalue weighted by atomic mass is 35.5. The van der Waals surface area contributed by atoms with Crippen molar-refractivity contribution in [1.82, 2.24) is 0 Å². The van der Waals surface area contributed by atoms with Crippen LogP contribution in [0.25, 0.3) is 0 Å². The van der Waals surface area contributed by atoms with E-state index in [0.717, 1.165) is 11.3 Å². The Bertz CT molecular complexity index is 378. The van der Waals surface area contributed by atoms with Crippen LogP contribution in [0, 0.1) is 0 Å². The first-order valence-corrected chi connectivity index (χ1v) is 5.33. The Morgan fingerprint density at radius 1 is 1.44 bits per heavy atom. The van der Waals surface area contributed by atoms with Crippen LogP contribution in [0.4, 0.5) is 0 Å². The lowest BCUT2D eigenvalue weighted by Crippen LogP contribution is -2.33. The summed E-state index contributed by atoms with van der Waals surface area (Å²) < 4.78 is 9.90. The van der Waals surface area contributed by atoms with Gasteiger partial charge in [-0.05, 0) is 24.1 Å². The van der Waals surface area contributed by atoms with Gasteiger partial charge >= 0.3 is 5.97 Å².